The van der Waals surface area contributed by atoms with Gasteiger partial charge in [-0.2, -0.15) is 0 Å². The van der Waals surface area contributed by atoms with Crippen LogP contribution in [0.25, 0.3) is 0 Å². The maximum atomic E-state index is 12.0. The second kappa shape index (κ2) is 8.24. The normalized spacial score (nSPS) is 13.3. The number of carbonyl (C=O) groups is 2. The molecule has 0 saturated carbocycles. The highest BCUT2D eigenvalue weighted by atomic mass is 16.5. The van der Waals surface area contributed by atoms with Crippen molar-refractivity contribution in [2.45, 2.75) is 39.2 Å². The van der Waals surface area contributed by atoms with Gasteiger partial charge in [-0.05, 0) is 25.8 Å². The zero-order valence-corrected chi connectivity index (χ0v) is 12.6. The van der Waals surface area contributed by atoms with Crippen LogP contribution in [-0.2, 0) is 4.79 Å². The molecule has 6 heteroatoms. The largest absolute Gasteiger partial charge is 0.481 e. The molecule has 116 valence electrons. The number of ether oxygens (including phenoxy) is 1. The van der Waals surface area contributed by atoms with Crippen molar-refractivity contribution >= 4 is 11.9 Å². The fourth-order valence-electron chi connectivity index (χ4n) is 1.87. The molecule has 1 amide bonds. The molecule has 0 aliphatic rings. The van der Waals surface area contributed by atoms with Crippen LogP contribution in [0.3, 0.4) is 0 Å². The fourth-order valence-corrected chi connectivity index (χ4v) is 1.87. The Morgan fingerprint density at radius 1 is 1.33 bits per heavy atom. The lowest BCUT2D eigenvalue weighted by Crippen LogP contribution is -2.32. The number of carbonyl (C=O) groups excluding carboxylic acids is 1. The highest BCUT2D eigenvalue weighted by molar-refractivity contribution is 5.94. The van der Waals surface area contributed by atoms with Crippen molar-refractivity contribution in [2.24, 2.45) is 5.92 Å². The third kappa shape index (κ3) is 5.81. The molecule has 0 aromatic carbocycles. The van der Waals surface area contributed by atoms with Crippen molar-refractivity contribution < 1.29 is 19.4 Å². The fraction of sp³-hybridized carbons (Fsp3) is 0.533. The van der Waals surface area contributed by atoms with Crippen LogP contribution in [-0.4, -0.2) is 35.1 Å². The van der Waals surface area contributed by atoms with Crippen LogP contribution in [0, 0.1) is 5.92 Å². The van der Waals surface area contributed by atoms with E-state index in [9.17, 15) is 9.59 Å². The number of amides is 1. The Morgan fingerprint density at radius 2 is 2.05 bits per heavy atom. The minimum atomic E-state index is -0.781. The number of methoxy groups -OCH3 is 1. The van der Waals surface area contributed by atoms with Crippen molar-refractivity contribution in [1.82, 2.24) is 10.3 Å². The summed E-state index contributed by atoms with van der Waals surface area (Å²) in [6.07, 6.45) is 3.58. The Hall–Kier alpha value is -2.11. The van der Waals surface area contributed by atoms with E-state index < -0.39 is 5.97 Å². The Balaban J connectivity index is 2.37. The van der Waals surface area contributed by atoms with Crippen LogP contribution in [0.2, 0.25) is 0 Å². The standard InChI is InChI=1S/C15H22N2O4/c1-10(15(19)20)5-4-6-11(2)17-14(18)12-7-8-13(21-3)16-9-12/h7-11H,4-6H2,1-3H3,(H,17,18)(H,19,20). The first-order valence-electron chi connectivity index (χ1n) is 6.97. The summed E-state index contributed by atoms with van der Waals surface area (Å²) >= 11 is 0. The van der Waals surface area contributed by atoms with E-state index >= 15 is 0 Å². The van der Waals surface area contributed by atoms with Crippen molar-refractivity contribution in [3.05, 3.63) is 23.9 Å². The van der Waals surface area contributed by atoms with Crippen molar-refractivity contribution in [1.29, 1.82) is 0 Å². The number of carboxylic acid groups (broad SMARTS) is 1. The zero-order valence-electron chi connectivity index (χ0n) is 12.6. The molecule has 6 nitrogen and oxygen atoms in total. The van der Waals surface area contributed by atoms with Gasteiger partial charge in [0.1, 0.15) is 0 Å². The smallest absolute Gasteiger partial charge is 0.306 e. The lowest BCUT2D eigenvalue weighted by atomic mass is 10.0. The molecule has 2 unspecified atom stereocenters. The number of hydrogen-bond acceptors (Lipinski definition) is 4. The number of nitrogens with one attached hydrogen (secondary N) is 1. The maximum Gasteiger partial charge on any atom is 0.306 e. The Morgan fingerprint density at radius 3 is 2.57 bits per heavy atom. The lowest BCUT2D eigenvalue weighted by Gasteiger charge is -2.14. The molecule has 2 N–H and O–H groups in total. The quantitative estimate of drug-likeness (QED) is 0.766. The summed E-state index contributed by atoms with van der Waals surface area (Å²) in [5.74, 6) is -0.860. The number of pyridine rings is 1. The summed E-state index contributed by atoms with van der Waals surface area (Å²) in [5.41, 5.74) is 0.474. The minimum absolute atomic E-state index is 0.0133. The third-order valence-electron chi connectivity index (χ3n) is 3.28. The average Bonchev–Trinajstić information content (AvgIpc) is 2.46. The maximum absolute atomic E-state index is 12.0. The van der Waals surface area contributed by atoms with Gasteiger partial charge in [0.05, 0.1) is 18.6 Å². The van der Waals surface area contributed by atoms with E-state index in [4.69, 9.17) is 9.84 Å². The van der Waals surface area contributed by atoms with Gasteiger partial charge < -0.3 is 15.2 Å². The molecule has 1 aromatic heterocycles. The zero-order chi connectivity index (χ0) is 15.8. The van der Waals surface area contributed by atoms with E-state index in [2.05, 4.69) is 10.3 Å². The Kier molecular flexibility index (Phi) is 6.65. The summed E-state index contributed by atoms with van der Waals surface area (Å²) < 4.78 is 4.93. The van der Waals surface area contributed by atoms with E-state index in [1.165, 1.54) is 13.3 Å². The molecule has 1 aromatic rings. The Labute approximate surface area is 124 Å². The molecule has 1 heterocycles. The van der Waals surface area contributed by atoms with E-state index in [0.717, 1.165) is 12.8 Å². The molecule has 0 fully saturated rings. The van der Waals surface area contributed by atoms with E-state index in [1.54, 1.807) is 19.1 Å². The van der Waals surface area contributed by atoms with Crippen LogP contribution in [0.15, 0.2) is 18.3 Å². The lowest BCUT2D eigenvalue weighted by molar-refractivity contribution is -0.141. The molecule has 0 saturated heterocycles. The highest BCUT2D eigenvalue weighted by Gasteiger charge is 2.13. The molecular formula is C15H22N2O4. The van der Waals surface area contributed by atoms with Crippen molar-refractivity contribution in [3.8, 4) is 5.88 Å². The predicted octanol–water partition coefficient (Wildman–Crippen LogP) is 2.10. The summed E-state index contributed by atoms with van der Waals surface area (Å²) in [7, 11) is 1.52. The molecule has 0 spiro atoms. The highest BCUT2D eigenvalue weighted by Crippen LogP contribution is 2.11. The van der Waals surface area contributed by atoms with Crippen LogP contribution >= 0.6 is 0 Å². The number of hydrogen-bond donors (Lipinski definition) is 2. The minimum Gasteiger partial charge on any atom is -0.481 e. The summed E-state index contributed by atoms with van der Waals surface area (Å²) in [5, 5.41) is 11.7. The summed E-state index contributed by atoms with van der Waals surface area (Å²) in [6.45, 7) is 3.59. The van der Waals surface area contributed by atoms with E-state index in [1.807, 2.05) is 6.92 Å². The number of carboxylic acids is 1. The number of nitrogens with zero attached hydrogens (tertiary/aromatic N) is 1. The molecular weight excluding hydrogens is 272 g/mol. The number of aromatic nitrogens is 1. The monoisotopic (exact) mass is 294 g/mol. The van der Waals surface area contributed by atoms with Gasteiger partial charge in [0.15, 0.2) is 0 Å². The SMILES string of the molecule is COc1ccc(C(=O)NC(C)CCCC(C)C(=O)O)cn1. The van der Waals surface area contributed by atoms with Gasteiger partial charge >= 0.3 is 5.97 Å². The van der Waals surface area contributed by atoms with Gasteiger partial charge in [-0.1, -0.05) is 13.3 Å². The average molecular weight is 294 g/mol. The molecule has 0 aliphatic carbocycles. The number of rotatable bonds is 8. The van der Waals surface area contributed by atoms with Crippen molar-refractivity contribution in [2.75, 3.05) is 7.11 Å². The van der Waals surface area contributed by atoms with Crippen LogP contribution in [0.5, 0.6) is 5.88 Å². The molecule has 2 atom stereocenters. The summed E-state index contributed by atoms with van der Waals surface area (Å²) in [6, 6.07) is 3.27. The van der Waals surface area contributed by atoms with Gasteiger partial charge in [-0.15, -0.1) is 0 Å². The first kappa shape index (κ1) is 16.9. The third-order valence-corrected chi connectivity index (χ3v) is 3.28. The van der Waals surface area contributed by atoms with Crippen LogP contribution < -0.4 is 10.1 Å². The van der Waals surface area contributed by atoms with E-state index in [0.29, 0.717) is 17.9 Å². The second-order valence-electron chi connectivity index (χ2n) is 5.13. The van der Waals surface area contributed by atoms with Crippen LogP contribution in [0.1, 0.15) is 43.5 Å². The van der Waals surface area contributed by atoms with Gasteiger partial charge in [0.2, 0.25) is 5.88 Å². The van der Waals surface area contributed by atoms with E-state index in [-0.39, 0.29) is 17.9 Å². The van der Waals surface area contributed by atoms with Gasteiger partial charge in [0, 0.05) is 18.3 Å². The second-order valence-corrected chi connectivity index (χ2v) is 5.13. The predicted molar refractivity (Wildman–Crippen MR) is 78.4 cm³/mol. The number of aliphatic carboxylic acids is 1. The van der Waals surface area contributed by atoms with Gasteiger partial charge in [-0.25, -0.2) is 4.98 Å². The first-order chi connectivity index (χ1) is 9.93. The molecule has 21 heavy (non-hydrogen) atoms. The van der Waals surface area contributed by atoms with Gasteiger partial charge in [-0.3, -0.25) is 9.59 Å². The molecule has 0 aliphatic heterocycles. The Bertz CT molecular complexity index is 473. The summed E-state index contributed by atoms with van der Waals surface area (Å²) in [4.78, 5) is 26.7. The first-order valence-corrected chi connectivity index (χ1v) is 6.97. The molecule has 0 bridgehead atoms. The topological polar surface area (TPSA) is 88.5 Å². The molecule has 1 rings (SSSR count). The van der Waals surface area contributed by atoms with Gasteiger partial charge in [0.25, 0.3) is 5.91 Å². The van der Waals surface area contributed by atoms with Crippen LogP contribution in [0.4, 0.5) is 0 Å². The van der Waals surface area contributed by atoms with Crippen molar-refractivity contribution in [3.63, 3.8) is 0 Å². The molecule has 0 radical (unpaired) electrons.